The van der Waals surface area contributed by atoms with Crippen LogP contribution in [0.5, 0.6) is 0 Å². The predicted octanol–water partition coefficient (Wildman–Crippen LogP) is 4.03. The molecule has 0 aliphatic carbocycles. The van der Waals surface area contributed by atoms with Gasteiger partial charge in [-0.3, -0.25) is 4.79 Å². The summed E-state index contributed by atoms with van der Waals surface area (Å²) in [4.78, 5) is 25.5. The van der Waals surface area contributed by atoms with Crippen molar-refractivity contribution in [3.63, 3.8) is 0 Å². The third-order valence-electron chi connectivity index (χ3n) is 4.12. The van der Waals surface area contributed by atoms with E-state index in [1.165, 1.54) is 6.42 Å². The highest BCUT2D eigenvalue weighted by Gasteiger charge is 2.18. The van der Waals surface area contributed by atoms with Crippen molar-refractivity contribution in [2.75, 3.05) is 23.3 Å². The quantitative estimate of drug-likeness (QED) is 0.782. The number of nitrogens with zero attached hydrogens (tertiary/aromatic N) is 1. The van der Waals surface area contributed by atoms with Gasteiger partial charge in [-0.1, -0.05) is 6.07 Å². The Morgan fingerprint density at radius 3 is 2.67 bits per heavy atom. The van der Waals surface area contributed by atoms with Crippen molar-refractivity contribution in [2.45, 2.75) is 25.7 Å². The van der Waals surface area contributed by atoms with E-state index in [0.717, 1.165) is 43.5 Å². The fraction of sp³-hybridized carbons (Fsp3) is 0.333. The van der Waals surface area contributed by atoms with E-state index in [0.29, 0.717) is 16.8 Å². The third kappa shape index (κ3) is 3.87. The zero-order valence-corrected chi connectivity index (χ0v) is 14.8. The highest BCUT2D eigenvalue weighted by Crippen LogP contribution is 2.30. The van der Waals surface area contributed by atoms with E-state index in [2.05, 4.69) is 26.1 Å². The molecule has 1 aliphatic heterocycles. The van der Waals surface area contributed by atoms with Crippen LogP contribution in [0.3, 0.4) is 0 Å². The molecule has 2 heterocycles. The van der Waals surface area contributed by atoms with E-state index >= 15 is 0 Å². The number of carbonyl (C=O) groups excluding carboxylic acids is 2. The molecule has 5 nitrogen and oxygen atoms in total. The highest BCUT2D eigenvalue weighted by molar-refractivity contribution is 9.10. The Balaban J connectivity index is 1.88. The summed E-state index contributed by atoms with van der Waals surface area (Å²) >= 11 is 3.20. The Kier molecular flexibility index (Phi) is 5.35. The molecule has 1 N–H and O–H groups in total. The van der Waals surface area contributed by atoms with Crippen molar-refractivity contribution in [1.29, 1.82) is 0 Å². The van der Waals surface area contributed by atoms with E-state index in [4.69, 9.17) is 4.42 Å². The maximum atomic E-state index is 12.4. The Labute approximate surface area is 149 Å². The van der Waals surface area contributed by atoms with Crippen molar-refractivity contribution in [3.05, 3.63) is 46.3 Å². The van der Waals surface area contributed by atoms with Crippen LogP contribution >= 0.6 is 15.9 Å². The first-order valence-electron chi connectivity index (χ1n) is 8.05. The van der Waals surface area contributed by atoms with E-state index in [1.54, 1.807) is 12.1 Å². The summed E-state index contributed by atoms with van der Waals surface area (Å²) in [6.45, 7) is 1.95. The number of nitrogens with one attached hydrogen (secondary N) is 1. The first-order valence-corrected chi connectivity index (χ1v) is 8.85. The summed E-state index contributed by atoms with van der Waals surface area (Å²) in [7, 11) is 0. The van der Waals surface area contributed by atoms with Crippen LogP contribution in [-0.4, -0.2) is 25.3 Å². The topological polar surface area (TPSA) is 62.6 Å². The summed E-state index contributed by atoms with van der Waals surface area (Å²) < 4.78 is 5.83. The second-order valence-corrected chi connectivity index (χ2v) is 6.61. The molecule has 6 heteroatoms. The SMILES string of the molecule is O=CCc1ccc(N2CCCCC2)c(NC(=O)c2ccc(Br)o2)c1. The average Bonchev–Trinajstić information content (AvgIpc) is 3.03. The maximum Gasteiger partial charge on any atom is 0.291 e. The van der Waals surface area contributed by atoms with Gasteiger partial charge in [0.1, 0.15) is 6.29 Å². The molecule has 1 amide bonds. The van der Waals surface area contributed by atoms with E-state index in [1.807, 2.05) is 18.2 Å². The Bertz CT molecular complexity index is 736. The van der Waals surface area contributed by atoms with E-state index in [9.17, 15) is 9.59 Å². The molecule has 0 atom stereocenters. The highest BCUT2D eigenvalue weighted by atomic mass is 79.9. The number of furan rings is 1. The van der Waals surface area contributed by atoms with Crippen LogP contribution < -0.4 is 10.2 Å². The van der Waals surface area contributed by atoms with Gasteiger partial charge in [0, 0.05) is 19.5 Å². The minimum Gasteiger partial charge on any atom is -0.444 e. The van der Waals surface area contributed by atoms with Gasteiger partial charge in [0.05, 0.1) is 11.4 Å². The standard InChI is InChI=1S/C18H19BrN2O3/c19-17-7-6-16(24-17)18(23)20-14-12-13(8-11-22)4-5-15(14)21-9-2-1-3-10-21/h4-7,11-12H,1-3,8-10H2,(H,20,23). The van der Waals surface area contributed by atoms with Crippen LogP contribution in [0.4, 0.5) is 11.4 Å². The molecule has 1 aromatic carbocycles. The van der Waals surface area contributed by atoms with Crippen LogP contribution in [-0.2, 0) is 11.2 Å². The molecule has 0 bridgehead atoms. The van der Waals surface area contributed by atoms with Gasteiger partial charge in [0.2, 0.25) is 0 Å². The second kappa shape index (κ2) is 7.66. The summed E-state index contributed by atoms with van der Waals surface area (Å²) in [5.41, 5.74) is 2.58. The lowest BCUT2D eigenvalue weighted by Crippen LogP contribution is -2.30. The molecule has 24 heavy (non-hydrogen) atoms. The molecular formula is C18H19BrN2O3. The molecule has 0 unspecified atom stereocenters. The molecular weight excluding hydrogens is 372 g/mol. The Morgan fingerprint density at radius 2 is 2.00 bits per heavy atom. The van der Waals surface area contributed by atoms with Crippen LogP contribution in [0.25, 0.3) is 0 Å². The number of aldehydes is 1. The molecule has 3 rings (SSSR count). The number of hydrogen-bond donors (Lipinski definition) is 1. The van der Waals surface area contributed by atoms with Crippen molar-refractivity contribution in [1.82, 2.24) is 0 Å². The number of amides is 1. The van der Waals surface area contributed by atoms with Crippen LogP contribution in [0, 0.1) is 0 Å². The van der Waals surface area contributed by atoms with Gasteiger partial charge >= 0.3 is 0 Å². The maximum absolute atomic E-state index is 12.4. The molecule has 1 fully saturated rings. The monoisotopic (exact) mass is 390 g/mol. The second-order valence-electron chi connectivity index (χ2n) is 5.83. The average molecular weight is 391 g/mol. The van der Waals surface area contributed by atoms with Crippen molar-refractivity contribution >= 4 is 39.5 Å². The Hall–Kier alpha value is -2.08. The lowest BCUT2D eigenvalue weighted by Gasteiger charge is -2.30. The zero-order chi connectivity index (χ0) is 16.9. The van der Waals surface area contributed by atoms with Crippen molar-refractivity contribution in [2.24, 2.45) is 0 Å². The van der Waals surface area contributed by atoms with Crippen LogP contribution in [0.2, 0.25) is 0 Å². The largest absolute Gasteiger partial charge is 0.444 e. The molecule has 0 radical (unpaired) electrons. The lowest BCUT2D eigenvalue weighted by atomic mass is 10.1. The third-order valence-corrected chi connectivity index (χ3v) is 4.55. The van der Waals surface area contributed by atoms with Gasteiger partial charge in [-0.25, -0.2) is 0 Å². The molecule has 1 aromatic heterocycles. The first kappa shape index (κ1) is 16.8. The number of halogens is 1. The molecule has 0 spiro atoms. The zero-order valence-electron chi connectivity index (χ0n) is 13.3. The van der Waals surface area contributed by atoms with Gasteiger partial charge in [-0.05, 0) is 65.0 Å². The first-order chi connectivity index (χ1) is 11.7. The number of carbonyl (C=O) groups is 2. The fourth-order valence-corrected chi connectivity index (χ4v) is 3.24. The summed E-state index contributed by atoms with van der Waals surface area (Å²) in [5.74, 6) is -0.0607. The number of piperidine rings is 1. The fourth-order valence-electron chi connectivity index (χ4n) is 2.94. The minimum atomic E-state index is -0.304. The normalized spacial score (nSPS) is 14.5. The van der Waals surface area contributed by atoms with Gasteiger partial charge in [-0.2, -0.15) is 0 Å². The van der Waals surface area contributed by atoms with Crippen LogP contribution in [0.1, 0.15) is 35.4 Å². The summed E-state index contributed by atoms with van der Waals surface area (Å²) in [5, 5.41) is 2.93. The molecule has 1 saturated heterocycles. The number of anilines is 2. The van der Waals surface area contributed by atoms with E-state index in [-0.39, 0.29) is 11.7 Å². The van der Waals surface area contributed by atoms with Gasteiger partial charge in [-0.15, -0.1) is 0 Å². The molecule has 1 aliphatic rings. The smallest absolute Gasteiger partial charge is 0.291 e. The molecule has 126 valence electrons. The van der Waals surface area contributed by atoms with Gasteiger partial charge in [0.25, 0.3) is 5.91 Å². The summed E-state index contributed by atoms with van der Waals surface area (Å²) in [6.07, 6.45) is 4.73. The van der Waals surface area contributed by atoms with Gasteiger partial charge < -0.3 is 19.4 Å². The number of hydrogen-bond acceptors (Lipinski definition) is 4. The minimum absolute atomic E-state index is 0.243. The van der Waals surface area contributed by atoms with Crippen LogP contribution in [0.15, 0.2) is 39.4 Å². The molecule has 0 saturated carbocycles. The molecule has 2 aromatic rings. The van der Waals surface area contributed by atoms with Crippen molar-refractivity contribution in [3.8, 4) is 0 Å². The van der Waals surface area contributed by atoms with Gasteiger partial charge in [0.15, 0.2) is 10.4 Å². The number of benzene rings is 1. The van der Waals surface area contributed by atoms with Crippen molar-refractivity contribution < 1.29 is 14.0 Å². The Morgan fingerprint density at radius 1 is 1.21 bits per heavy atom. The van der Waals surface area contributed by atoms with E-state index < -0.39 is 0 Å². The summed E-state index contributed by atoms with van der Waals surface area (Å²) in [6, 6.07) is 9.10. The number of rotatable bonds is 5. The predicted molar refractivity (Wildman–Crippen MR) is 96.6 cm³/mol. The lowest BCUT2D eigenvalue weighted by molar-refractivity contribution is -0.107.